The highest BCUT2D eigenvalue weighted by molar-refractivity contribution is 7.98. The summed E-state index contributed by atoms with van der Waals surface area (Å²) in [7, 11) is 0. The van der Waals surface area contributed by atoms with Crippen molar-refractivity contribution < 1.29 is 14.0 Å². The summed E-state index contributed by atoms with van der Waals surface area (Å²) >= 11 is 1.63. The first-order valence-electron chi connectivity index (χ1n) is 11.4. The standard InChI is InChI=1S/C26H29FN4O2S/c1-3-13-30(26(33)28-21-9-11-22(34-2)12-10-21)18-24(32)31-16-15-29-14-5-8-23(29)25(31)19-6-4-7-20(27)17-19/h4-12,14,17,25H,3,13,15-16,18H2,1-2H3,(H,28,33)/t25-/m1/s1. The highest BCUT2D eigenvalue weighted by Gasteiger charge is 2.33. The maximum atomic E-state index is 14.1. The Kier molecular flexibility index (Phi) is 7.57. The van der Waals surface area contributed by atoms with Gasteiger partial charge in [-0.2, -0.15) is 0 Å². The lowest BCUT2D eigenvalue weighted by atomic mass is 9.99. The lowest BCUT2D eigenvalue weighted by Crippen LogP contribution is -2.48. The zero-order valence-corrected chi connectivity index (χ0v) is 20.2. The highest BCUT2D eigenvalue weighted by Crippen LogP contribution is 2.33. The lowest BCUT2D eigenvalue weighted by molar-refractivity contribution is -0.134. The number of urea groups is 1. The monoisotopic (exact) mass is 480 g/mol. The first-order chi connectivity index (χ1) is 16.5. The average Bonchev–Trinajstić information content (AvgIpc) is 3.32. The molecule has 0 unspecified atom stereocenters. The molecule has 3 aromatic rings. The third-order valence-corrected chi connectivity index (χ3v) is 6.71. The average molecular weight is 481 g/mol. The molecule has 0 saturated carbocycles. The van der Waals surface area contributed by atoms with Crippen LogP contribution in [-0.2, 0) is 11.3 Å². The molecule has 0 spiro atoms. The van der Waals surface area contributed by atoms with Crippen LogP contribution < -0.4 is 5.32 Å². The third-order valence-electron chi connectivity index (χ3n) is 5.97. The molecule has 1 aliphatic heterocycles. The third kappa shape index (κ3) is 5.28. The number of carbonyl (C=O) groups is 2. The van der Waals surface area contributed by atoms with Crippen LogP contribution in [-0.4, -0.2) is 52.2 Å². The molecule has 2 aromatic carbocycles. The van der Waals surface area contributed by atoms with E-state index in [9.17, 15) is 14.0 Å². The van der Waals surface area contributed by atoms with Gasteiger partial charge in [-0.1, -0.05) is 19.1 Å². The molecule has 0 radical (unpaired) electrons. The minimum absolute atomic E-state index is 0.0465. The van der Waals surface area contributed by atoms with Crippen molar-refractivity contribution in [3.8, 4) is 0 Å². The molecule has 6 nitrogen and oxygen atoms in total. The Morgan fingerprint density at radius 1 is 1.12 bits per heavy atom. The molecule has 2 heterocycles. The zero-order chi connectivity index (χ0) is 24.1. The van der Waals surface area contributed by atoms with Crippen molar-refractivity contribution in [1.29, 1.82) is 0 Å². The van der Waals surface area contributed by atoms with Crippen molar-refractivity contribution in [2.45, 2.75) is 30.8 Å². The van der Waals surface area contributed by atoms with Crippen LogP contribution in [0.1, 0.15) is 30.6 Å². The Morgan fingerprint density at radius 2 is 1.91 bits per heavy atom. The molecule has 8 heteroatoms. The number of hydrogen-bond acceptors (Lipinski definition) is 3. The number of amides is 3. The van der Waals surface area contributed by atoms with E-state index in [2.05, 4.69) is 9.88 Å². The topological polar surface area (TPSA) is 57.6 Å². The van der Waals surface area contributed by atoms with Gasteiger partial charge in [0, 0.05) is 42.1 Å². The van der Waals surface area contributed by atoms with Crippen LogP contribution in [0.2, 0.25) is 0 Å². The van der Waals surface area contributed by atoms with Gasteiger partial charge in [0.1, 0.15) is 12.4 Å². The van der Waals surface area contributed by atoms with Gasteiger partial charge in [-0.3, -0.25) is 4.79 Å². The molecule has 0 saturated heterocycles. The SMILES string of the molecule is CCCN(CC(=O)N1CCn2cccc2[C@H]1c1cccc(F)c1)C(=O)Nc1ccc(SC)cc1. The summed E-state index contributed by atoms with van der Waals surface area (Å²) in [5, 5.41) is 2.90. The van der Waals surface area contributed by atoms with Crippen molar-refractivity contribution in [2.75, 3.05) is 31.2 Å². The second-order valence-corrected chi connectivity index (χ2v) is 9.13. The van der Waals surface area contributed by atoms with Crippen molar-refractivity contribution in [3.63, 3.8) is 0 Å². The van der Waals surface area contributed by atoms with E-state index in [1.807, 2.05) is 61.8 Å². The molecule has 1 N–H and O–H groups in total. The smallest absolute Gasteiger partial charge is 0.322 e. The molecule has 0 fully saturated rings. The van der Waals surface area contributed by atoms with E-state index in [0.717, 1.165) is 17.0 Å². The number of aromatic nitrogens is 1. The van der Waals surface area contributed by atoms with E-state index in [0.29, 0.717) is 30.9 Å². The van der Waals surface area contributed by atoms with Crippen LogP contribution in [0.25, 0.3) is 0 Å². The number of halogens is 1. The van der Waals surface area contributed by atoms with Crippen molar-refractivity contribution >= 4 is 29.4 Å². The quantitative estimate of drug-likeness (QED) is 0.472. The van der Waals surface area contributed by atoms with E-state index in [4.69, 9.17) is 0 Å². The van der Waals surface area contributed by atoms with Crippen LogP contribution in [0.15, 0.2) is 71.8 Å². The predicted octanol–water partition coefficient (Wildman–Crippen LogP) is 5.22. The number of benzene rings is 2. The van der Waals surface area contributed by atoms with Crippen molar-refractivity contribution in [3.05, 3.63) is 83.9 Å². The van der Waals surface area contributed by atoms with Gasteiger partial charge in [0.05, 0.1) is 6.04 Å². The Morgan fingerprint density at radius 3 is 2.62 bits per heavy atom. The molecular formula is C26H29FN4O2S. The molecular weight excluding hydrogens is 451 g/mol. The first-order valence-corrected chi connectivity index (χ1v) is 12.6. The first kappa shape index (κ1) is 23.9. The number of carbonyl (C=O) groups excluding carboxylic acids is 2. The van der Waals surface area contributed by atoms with E-state index in [1.165, 1.54) is 12.1 Å². The van der Waals surface area contributed by atoms with Crippen LogP contribution >= 0.6 is 11.8 Å². The fourth-order valence-corrected chi connectivity index (χ4v) is 4.74. The summed E-state index contributed by atoms with van der Waals surface area (Å²) in [4.78, 5) is 30.9. The molecule has 0 aliphatic carbocycles. The van der Waals surface area contributed by atoms with Gasteiger partial charge in [-0.15, -0.1) is 11.8 Å². The number of rotatable bonds is 7. The second kappa shape index (κ2) is 10.8. The zero-order valence-electron chi connectivity index (χ0n) is 19.4. The predicted molar refractivity (Wildman–Crippen MR) is 133 cm³/mol. The van der Waals surface area contributed by atoms with Gasteiger partial charge in [0.25, 0.3) is 0 Å². The molecule has 178 valence electrons. The molecule has 4 rings (SSSR count). The van der Waals surface area contributed by atoms with E-state index in [1.54, 1.807) is 27.6 Å². The van der Waals surface area contributed by atoms with Gasteiger partial charge in [0.2, 0.25) is 5.91 Å². The summed E-state index contributed by atoms with van der Waals surface area (Å²) in [6.07, 6.45) is 4.70. The number of nitrogens with zero attached hydrogens (tertiary/aromatic N) is 3. The van der Waals surface area contributed by atoms with Gasteiger partial charge in [0.15, 0.2) is 0 Å². The molecule has 3 amide bonds. The molecule has 0 bridgehead atoms. The molecule has 1 aromatic heterocycles. The summed E-state index contributed by atoms with van der Waals surface area (Å²) in [6.45, 7) is 3.52. The molecule has 1 atom stereocenters. The van der Waals surface area contributed by atoms with Gasteiger partial charge >= 0.3 is 6.03 Å². The van der Waals surface area contributed by atoms with Crippen molar-refractivity contribution in [1.82, 2.24) is 14.4 Å². The maximum absolute atomic E-state index is 14.1. The Bertz CT molecular complexity index is 1150. The summed E-state index contributed by atoms with van der Waals surface area (Å²) < 4.78 is 16.1. The Balaban J connectivity index is 1.53. The fraction of sp³-hybridized carbons (Fsp3) is 0.308. The van der Waals surface area contributed by atoms with E-state index < -0.39 is 6.04 Å². The second-order valence-electron chi connectivity index (χ2n) is 8.25. The van der Waals surface area contributed by atoms with Gasteiger partial charge < -0.3 is 19.7 Å². The number of hydrogen-bond donors (Lipinski definition) is 1. The Labute approximate surface area is 203 Å². The van der Waals surface area contributed by atoms with Crippen LogP contribution in [0.5, 0.6) is 0 Å². The molecule has 1 aliphatic rings. The maximum Gasteiger partial charge on any atom is 0.322 e. The normalized spacial score (nSPS) is 15.0. The summed E-state index contributed by atoms with van der Waals surface area (Å²) in [5.41, 5.74) is 2.34. The fourth-order valence-electron chi connectivity index (χ4n) is 4.33. The molecule has 34 heavy (non-hydrogen) atoms. The number of nitrogens with one attached hydrogen (secondary N) is 1. The largest absolute Gasteiger partial charge is 0.348 e. The number of fused-ring (bicyclic) bond motifs is 1. The number of anilines is 1. The van der Waals surface area contributed by atoms with Crippen LogP contribution in [0.3, 0.4) is 0 Å². The van der Waals surface area contributed by atoms with Crippen LogP contribution in [0.4, 0.5) is 14.9 Å². The minimum atomic E-state index is -0.405. The Hall–Kier alpha value is -3.26. The summed E-state index contributed by atoms with van der Waals surface area (Å²) in [5.74, 6) is -0.504. The summed E-state index contributed by atoms with van der Waals surface area (Å²) in [6, 6.07) is 17.2. The van der Waals surface area contributed by atoms with Gasteiger partial charge in [-0.05, 0) is 66.8 Å². The van der Waals surface area contributed by atoms with E-state index >= 15 is 0 Å². The van der Waals surface area contributed by atoms with E-state index in [-0.39, 0.29) is 24.3 Å². The van der Waals surface area contributed by atoms with Crippen LogP contribution in [0, 0.1) is 5.82 Å². The number of thioether (sulfide) groups is 1. The highest BCUT2D eigenvalue weighted by atomic mass is 32.2. The minimum Gasteiger partial charge on any atom is -0.348 e. The van der Waals surface area contributed by atoms with Crippen molar-refractivity contribution in [2.24, 2.45) is 0 Å². The van der Waals surface area contributed by atoms with Gasteiger partial charge in [-0.25, -0.2) is 9.18 Å². The lowest BCUT2D eigenvalue weighted by Gasteiger charge is -2.38.